The molecule has 1 aliphatic rings. The molecule has 1 aliphatic heterocycles. The Kier molecular flexibility index (Phi) is 2.33. The predicted octanol–water partition coefficient (Wildman–Crippen LogP) is 2.74. The van der Waals surface area contributed by atoms with E-state index in [-0.39, 0.29) is 11.1 Å². The van der Waals surface area contributed by atoms with Crippen LogP contribution in [0.5, 0.6) is 0 Å². The van der Waals surface area contributed by atoms with Gasteiger partial charge in [-0.15, -0.1) is 0 Å². The summed E-state index contributed by atoms with van der Waals surface area (Å²) in [6.45, 7) is 9.03. The van der Waals surface area contributed by atoms with Gasteiger partial charge >= 0.3 is 0 Å². The molecule has 86 valence electrons. The first kappa shape index (κ1) is 11.2. The highest BCUT2D eigenvalue weighted by molar-refractivity contribution is 5.56. The zero-order valence-electron chi connectivity index (χ0n) is 10.8. The molecular formula is C14H20N2. The van der Waals surface area contributed by atoms with Crippen LogP contribution in [-0.2, 0) is 0 Å². The van der Waals surface area contributed by atoms with Crippen molar-refractivity contribution in [2.45, 2.75) is 38.8 Å². The Balaban J connectivity index is 2.49. The monoisotopic (exact) mass is 216 g/mol. The van der Waals surface area contributed by atoms with Crippen molar-refractivity contribution < 1.29 is 4.58 Å². The Labute approximate surface area is 98.2 Å². The number of hydrogen-bond acceptors (Lipinski definition) is 1. The molecule has 2 heteroatoms. The van der Waals surface area contributed by atoms with E-state index in [1.807, 2.05) is 6.07 Å². The van der Waals surface area contributed by atoms with Crippen molar-refractivity contribution in [3.8, 4) is 0 Å². The SMILES string of the molecule is CN1[C-]=[N+](c2ccccc2)C(C)(C)C1(C)C. The second-order valence-electron chi connectivity index (χ2n) is 5.45. The van der Waals surface area contributed by atoms with Crippen molar-refractivity contribution in [3.05, 3.63) is 30.3 Å². The fourth-order valence-corrected chi connectivity index (χ4v) is 2.04. The molecule has 0 bridgehead atoms. The molecule has 2 nitrogen and oxygen atoms in total. The van der Waals surface area contributed by atoms with Crippen molar-refractivity contribution in [3.63, 3.8) is 0 Å². The summed E-state index contributed by atoms with van der Waals surface area (Å²) in [5, 5.41) is 0. The van der Waals surface area contributed by atoms with Gasteiger partial charge in [0.15, 0.2) is 0 Å². The maximum Gasteiger partial charge on any atom is 0.132 e. The zero-order chi connectivity index (χ0) is 12.0. The second kappa shape index (κ2) is 3.34. The summed E-state index contributed by atoms with van der Waals surface area (Å²) in [5.41, 5.74) is 1.30. The minimum Gasteiger partial charge on any atom is -0.386 e. The van der Waals surface area contributed by atoms with Crippen LogP contribution in [0.3, 0.4) is 0 Å². The normalized spacial score (nSPS) is 22.1. The van der Waals surface area contributed by atoms with E-state index in [0.717, 1.165) is 0 Å². The van der Waals surface area contributed by atoms with Gasteiger partial charge in [0.25, 0.3) is 0 Å². The Morgan fingerprint density at radius 1 is 1.06 bits per heavy atom. The lowest BCUT2D eigenvalue weighted by atomic mass is 9.82. The smallest absolute Gasteiger partial charge is 0.132 e. The lowest BCUT2D eigenvalue weighted by Crippen LogP contribution is -2.53. The van der Waals surface area contributed by atoms with Gasteiger partial charge in [-0.25, -0.2) is 0 Å². The van der Waals surface area contributed by atoms with E-state index in [1.54, 1.807) is 0 Å². The van der Waals surface area contributed by atoms with E-state index in [9.17, 15) is 0 Å². The summed E-state index contributed by atoms with van der Waals surface area (Å²) in [4.78, 5) is 2.17. The van der Waals surface area contributed by atoms with Crippen molar-refractivity contribution >= 4 is 12.0 Å². The topological polar surface area (TPSA) is 6.25 Å². The third-order valence-corrected chi connectivity index (χ3v) is 4.16. The van der Waals surface area contributed by atoms with Crippen LogP contribution in [0, 0.1) is 0 Å². The quantitative estimate of drug-likeness (QED) is 0.517. The molecule has 1 heterocycles. The standard InChI is InChI=1S/C14H20N2/c1-13(2)14(3,4)16(11-15(13)5)12-9-7-6-8-10-12/h6-10H,1-5H3. The predicted molar refractivity (Wildman–Crippen MR) is 67.3 cm³/mol. The molecule has 0 atom stereocenters. The number of benzene rings is 1. The minimum atomic E-state index is 0.0309. The van der Waals surface area contributed by atoms with Gasteiger partial charge in [-0.3, -0.25) is 0 Å². The fourth-order valence-electron chi connectivity index (χ4n) is 2.04. The first-order valence-corrected chi connectivity index (χ1v) is 5.73. The van der Waals surface area contributed by atoms with Crippen LogP contribution in [-0.4, -0.2) is 33.9 Å². The van der Waals surface area contributed by atoms with E-state index in [4.69, 9.17) is 0 Å². The van der Waals surface area contributed by atoms with Gasteiger partial charge in [0.1, 0.15) is 17.4 Å². The van der Waals surface area contributed by atoms with Crippen LogP contribution in [0.4, 0.5) is 5.69 Å². The van der Waals surface area contributed by atoms with Crippen LogP contribution in [0.1, 0.15) is 27.7 Å². The molecule has 0 aromatic heterocycles. The van der Waals surface area contributed by atoms with Crippen LogP contribution in [0.2, 0.25) is 0 Å². The van der Waals surface area contributed by atoms with Crippen molar-refractivity contribution in [2.75, 3.05) is 7.05 Å². The molecule has 16 heavy (non-hydrogen) atoms. The van der Waals surface area contributed by atoms with Crippen LogP contribution in [0.25, 0.3) is 0 Å². The number of hydrogen-bond donors (Lipinski definition) is 0. The zero-order valence-corrected chi connectivity index (χ0v) is 10.8. The first-order valence-electron chi connectivity index (χ1n) is 5.73. The summed E-state index contributed by atoms with van der Waals surface area (Å²) in [5.74, 6) is 0. The molecule has 0 radical (unpaired) electrons. The van der Waals surface area contributed by atoms with Gasteiger partial charge in [-0.1, -0.05) is 30.3 Å². The number of nitrogens with zero attached hydrogens (tertiary/aromatic N) is 2. The fraction of sp³-hybridized carbons (Fsp3) is 0.500. The molecule has 0 saturated carbocycles. The Morgan fingerprint density at radius 2 is 1.62 bits per heavy atom. The van der Waals surface area contributed by atoms with E-state index >= 15 is 0 Å². The largest absolute Gasteiger partial charge is 0.386 e. The van der Waals surface area contributed by atoms with Gasteiger partial charge < -0.3 is 9.48 Å². The van der Waals surface area contributed by atoms with Crippen molar-refractivity contribution in [1.29, 1.82) is 0 Å². The molecule has 0 fully saturated rings. The van der Waals surface area contributed by atoms with E-state index in [0.29, 0.717) is 0 Å². The van der Waals surface area contributed by atoms with Crippen molar-refractivity contribution in [1.82, 2.24) is 4.90 Å². The number of likely N-dealkylation sites (N-methyl/N-ethyl adjacent to an activating group) is 1. The Hall–Kier alpha value is -1.31. The molecule has 1 aromatic rings. The summed E-state index contributed by atoms with van der Waals surface area (Å²) >= 11 is 0. The lowest BCUT2D eigenvalue weighted by Gasteiger charge is -2.39. The molecule has 2 rings (SSSR count). The average molecular weight is 216 g/mol. The summed E-state index contributed by atoms with van der Waals surface area (Å²) < 4.78 is 2.23. The van der Waals surface area contributed by atoms with Crippen LogP contribution < -0.4 is 0 Å². The third-order valence-electron chi connectivity index (χ3n) is 4.16. The summed E-state index contributed by atoms with van der Waals surface area (Å²) in [6, 6.07) is 10.4. The van der Waals surface area contributed by atoms with Gasteiger partial charge in [0.2, 0.25) is 0 Å². The highest BCUT2D eigenvalue weighted by Crippen LogP contribution is 2.37. The molecular weight excluding hydrogens is 196 g/mol. The van der Waals surface area contributed by atoms with Gasteiger partial charge in [0, 0.05) is 0 Å². The maximum absolute atomic E-state index is 3.42. The van der Waals surface area contributed by atoms with Gasteiger partial charge in [-0.2, -0.15) is 0 Å². The Bertz CT molecular complexity index is 416. The average Bonchev–Trinajstić information content (AvgIpc) is 2.40. The third kappa shape index (κ3) is 1.36. The van der Waals surface area contributed by atoms with E-state index in [1.165, 1.54) is 5.69 Å². The lowest BCUT2D eigenvalue weighted by molar-refractivity contribution is -0.521. The van der Waals surface area contributed by atoms with E-state index in [2.05, 4.69) is 74.8 Å². The highest BCUT2D eigenvalue weighted by Gasteiger charge is 2.49. The highest BCUT2D eigenvalue weighted by atomic mass is 15.4. The molecule has 0 saturated heterocycles. The number of rotatable bonds is 1. The molecule has 1 aromatic carbocycles. The maximum atomic E-state index is 3.42. The first-order chi connectivity index (χ1) is 7.37. The van der Waals surface area contributed by atoms with Gasteiger partial charge in [0.05, 0.1) is 7.05 Å². The molecule has 0 N–H and O–H groups in total. The molecule has 0 spiro atoms. The van der Waals surface area contributed by atoms with Gasteiger partial charge in [-0.05, 0) is 33.4 Å². The van der Waals surface area contributed by atoms with Crippen LogP contribution in [0.15, 0.2) is 30.3 Å². The summed E-state index contributed by atoms with van der Waals surface area (Å²) in [7, 11) is 2.09. The second-order valence-corrected chi connectivity index (χ2v) is 5.45. The number of para-hydroxylation sites is 1. The molecule has 0 unspecified atom stereocenters. The van der Waals surface area contributed by atoms with E-state index < -0.39 is 0 Å². The molecule has 0 amide bonds. The minimum absolute atomic E-state index is 0.0309. The van der Waals surface area contributed by atoms with Crippen molar-refractivity contribution in [2.24, 2.45) is 0 Å². The van der Waals surface area contributed by atoms with Crippen LogP contribution >= 0.6 is 0 Å². The molecule has 0 aliphatic carbocycles. The summed E-state index contributed by atoms with van der Waals surface area (Å²) in [6.07, 6.45) is 3.42. The Morgan fingerprint density at radius 3 is 2.06 bits per heavy atom.